The van der Waals surface area contributed by atoms with Gasteiger partial charge in [0.25, 0.3) is 5.91 Å². The van der Waals surface area contributed by atoms with Crippen LogP contribution in [0.1, 0.15) is 22.5 Å². The Morgan fingerprint density at radius 2 is 2.03 bits per heavy atom. The van der Waals surface area contributed by atoms with E-state index in [1.54, 1.807) is 20.1 Å². The highest BCUT2D eigenvalue weighted by molar-refractivity contribution is 14.1. The molecule has 0 radical (unpaired) electrons. The van der Waals surface area contributed by atoms with Crippen LogP contribution in [-0.2, 0) is 17.9 Å². The molecule has 0 atom stereocenters. The van der Waals surface area contributed by atoms with Crippen molar-refractivity contribution in [2.45, 2.75) is 27.0 Å². The first-order valence-electron chi connectivity index (χ1n) is 9.82. The van der Waals surface area contributed by atoms with Crippen LogP contribution < -0.4 is 14.9 Å². The molecule has 3 aromatic rings. The van der Waals surface area contributed by atoms with Gasteiger partial charge >= 0.3 is 5.82 Å². The molecule has 172 valence electrons. The molecule has 0 aliphatic rings. The van der Waals surface area contributed by atoms with Gasteiger partial charge in [-0.3, -0.25) is 4.79 Å². The molecule has 1 amide bonds. The minimum atomic E-state index is -0.590. The fourth-order valence-electron chi connectivity index (χ4n) is 2.95. The number of hydrogen-bond donors (Lipinski definition) is 1. The molecule has 0 spiro atoms. The number of rotatable bonds is 9. The Kier molecular flexibility index (Phi) is 7.98. The number of amides is 1. The summed E-state index contributed by atoms with van der Waals surface area (Å²) in [6, 6.07) is 11.7. The summed E-state index contributed by atoms with van der Waals surface area (Å²) in [5.74, 6) is 0.734. The van der Waals surface area contributed by atoms with Gasteiger partial charge in [0.2, 0.25) is 0 Å². The number of nitrogens with zero attached hydrogens (tertiary/aromatic N) is 4. The topological polar surface area (TPSA) is 121 Å². The third-order valence-corrected chi connectivity index (χ3v) is 5.48. The van der Waals surface area contributed by atoms with Crippen LogP contribution in [0.3, 0.4) is 0 Å². The Balaban J connectivity index is 1.65. The van der Waals surface area contributed by atoms with Crippen molar-refractivity contribution >= 4 is 40.5 Å². The number of methoxy groups -OCH3 is 1. The van der Waals surface area contributed by atoms with Crippen molar-refractivity contribution in [3.05, 3.63) is 78.8 Å². The standard InChI is InChI=1S/C22H22IN5O5/c1-14-4-6-16(7-5-14)13-33-22-18(23)8-17(9-19(22)32-3)10-25-26-20(29)12-27-15(2)24-11-21(27)28(30)31/h4-11H,12-13H2,1-3H3,(H,26,29)/b25-10+. The average Bonchev–Trinajstić information content (AvgIpc) is 3.14. The summed E-state index contributed by atoms with van der Waals surface area (Å²) in [7, 11) is 1.55. The number of carbonyl (C=O) groups excluding carboxylic acids is 1. The van der Waals surface area contributed by atoms with E-state index in [9.17, 15) is 14.9 Å². The Morgan fingerprint density at radius 1 is 1.30 bits per heavy atom. The molecule has 0 aliphatic heterocycles. The van der Waals surface area contributed by atoms with Gasteiger partial charge in [-0.05, 0) is 57.7 Å². The second kappa shape index (κ2) is 10.9. The van der Waals surface area contributed by atoms with Crippen LogP contribution in [0.4, 0.5) is 5.82 Å². The lowest BCUT2D eigenvalue weighted by Crippen LogP contribution is -2.24. The smallest absolute Gasteiger partial charge is 0.343 e. The molecular formula is C22H22IN5O5. The molecule has 1 aromatic heterocycles. The minimum Gasteiger partial charge on any atom is -0.493 e. The van der Waals surface area contributed by atoms with Crippen molar-refractivity contribution in [3.63, 3.8) is 0 Å². The van der Waals surface area contributed by atoms with Crippen LogP contribution in [-0.4, -0.2) is 33.7 Å². The molecule has 0 aliphatic carbocycles. The largest absolute Gasteiger partial charge is 0.493 e. The predicted molar refractivity (Wildman–Crippen MR) is 131 cm³/mol. The van der Waals surface area contributed by atoms with Gasteiger partial charge in [-0.2, -0.15) is 5.10 Å². The molecule has 33 heavy (non-hydrogen) atoms. The first-order valence-corrected chi connectivity index (χ1v) is 10.9. The number of halogens is 1. The van der Waals surface area contributed by atoms with Crippen molar-refractivity contribution in [2.75, 3.05) is 7.11 Å². The lowest BCUT2D eigenvalue weighted by atomic mass is 10.2. The summed E-state index contributed by atoms with van der Waals surface area (Å²) < 4.78 is 13.5. The number of imidazole rings is 1. The van der Waals surface area contributed by atoms with E-state index in [4.69, 9.17) is 9.47 Å². The molecule has 1 heterocycles. The number of aromatic nitrogens is 2. The first kappa shape index (κ1) is 24.2. The fourth-order valence-corrected chi connectivity index (χ4v) is 3.73. The average molecular weight is 563 g/mol. The van der Waals surface area contributed by atoms with Gasteiger partial charge in [-0.15, -0.1) is 0 Å². The molecule has 3 rings (SSSR count). The summed E-state index contributed by atoms with van der Waals surface area (Å²) in [5, 5.41) is 15.0. The number of nitro groups is 1. The van der Waals surface area contributed by atoms with E-state index < -0.39 is 10.8 Å². The van der Waals surface area contributed by atoms with Crippen molar-refractivity contribution < 1.29 is 19.2 Å². The van der Waals surface area contributed by atoms with Gasteiger partial charge in [0.1, 0.15) is 12.8 Å². The zero-order chi connectivity index (χ0) is 24.0. The fraction of sp³-hybridized carbons (Fsp3) is 0.227. The molecule has 11 heteroatoms. The van der Waals surface area contributed by atoms with E-state index >= 15 is 0 Å². The number of benzene rings is 2. The van der Waals surface area contributed by atoms with Crippen LogP contribution >= 0.6 is 22.6 Å². The van der Waals surface area contributed by atoms with Gasteiger partial charge in [0.05, 0.1) is 16.9 Å². The highest BCUT2D eigenvalue weighted by Gasteiger charge is 2.20. The summed E-state index contributed by atoms with van der Waals surface area (Å²) in [6.45, 7) is 3.74. The van der Waals surface area contributed by atoms with Gasteiger partial charge in [0.15, 0.2) is 23.9 Å². The van der Waals surface area contributed by atoms with Gasteiger partial charge in [-0.25, -0.2) is 15.0 Å². The SMILES string of the molecule is COc1cc(/C=N/NC(=O)Cn2c([N+](=O)[O-])cnc2C)cc(I)c1OCc1ccc(C)cc1. The molecule has 10 nitrogen and oxygen atoms in total. The maximum Gasteiger partial charge on any atom is 0.343 e. The van der Waals surface area contributed by atoms with Crippen LogP contribution in [0, 0.1) is 27.5 Å². The van der Waals surface area contributed by atoms with Crippen molar-refractivity contribution in [2.24, 2.45) is 5.10 Å². The molecule has 0 fully saturated rings. The molecule has 2 aromatic carbocycles. The van der Waals surface area contributed by atoms with E-state index in [0.717, 1.165) is 15.3 Å². The van der Waals surface area contributed by atoms with E-state index in [1.165, 1.54) is 16.3 Å². The minimum absolute atomic E-state index is 0.257. The molecule has 0 unspecified atom stereocenters. The van der Waals surface area contributed by atoms with Crippen LogP contribution in [0.2, 0.25) is 0 Å². The van der Waals surface area contributed by atoms with Crippen LogP contribution in [0.15, 0.2) is 47.7 Å². The zero-order valence-electron chi connectivity index (χ0n) is 18.2. The summed E-state index contributed by atoms with van der Waals surface area (Å²) in [6.07, 6.45) is 2.57. The number of ether oxygens (including phenoxy) is 2. The highest BCUT2D eigenvalue weighted by Crippen LogP contribution is 2.34. The van der Waals surface area contributed by atoms with Crippen molar-refractivity contribution in [1.82, 2.24) is 15.0 Å². The maximum absolute atomic E-state index is 12.2. The Hall–Kier alpha value is -3.48. The third kappa shape index (κ3) is 6.28. The predicted octanol–water partition coefficient (Wildman–Crippen LogP) is 3.75. The lowest BCUT2D eigenvalue weighted by Gasteiger charge is -2.13. The van der Waals surface area contributed by atoms with Crippen LogP contribution in [0.25, 0.3) is 0 Å². The Bertz CT molecular complexity index is 1190. The summed E-state index contributed by atoms with van der Waals surface area (Å²) >= 11 is 2.15. The van der Waals surface area contributed by atoms with E-state index in [0.29, 0.717) is 29.5 Å². The second-order valence-electron chi connectivity index (χ2n) is 7.11. The molecule has 0 bridgehead atoms. The van der Waals surface area contributed by atoms with Gasteiger partial charge < -0.3 is 19.6 Å². The second-order valence-corrected chi connectivity index (χ2v) is 8.27. The van der Waals surface area contributed by atoms with Crippen LogP contribution in [0.5, 0.6) is 11.5 Å². The van der Waals surface area contributed by atoms with E-state index in [1.807, 2.05) is 37.3 Å². The van der Waals surface area contributed by atoms with Gasteiger partial charge in [-0.1, -0.05) is 29.8 Å². The third-order valence-electron chi connectivity index (χ3n) is 4.68. The Morgan fingerprint density at radius 3 is 2.70 bits per heavy atom. The lowest BCUT2D eigenvalue weighted by molar-refractivity contribution is -0.392. The number of hydrogen-bond acceptors (Lipinski definition) is 7. The first-order chi connectivity index (χ1) is 15.8. The number of carbonyl (C=O) groups is 1. The molecular weight excluding hydrogens is 541 g/mol. The molecule has 0 saturated carbocycles. The highest BCUT2D eigenvalue weighted by atomic mass is 127. The van der Waals surface area contributed by atoms with Crippen molar-refractivity contribution in [3.8, 4) is 11.5 Å². The van der Waals surface area contributed by atoms with Gasteiger partial charge in [0, 0.05) is 6.92 Å². The monoisotopic (exact) mass is 563 g/mol. The quantitative estimate of drug-likeness (QED) is 0.183. The normalized spacial score (nSPS) is 10.9. The molecule has 1 N–H and O–H groups in total. The Labute approximate surface area is 203 Å². The number of nitrogens with one attached hydrogen (secondary N) is 1. The zero-order valence-corrected chi connectivity index (χ0v) is 20.4. The summed E-state index contributed by atoms with van der Waals surface area (Å²) in [4.78, 5) is 26.5. The van der Waals surface area contributed by atoms with E-state index in [-0.39, 0.29) is 12.4 Å². The maximum atomic E-state index is 12.2. The number of hydrazone groups is 1. The number of aryl methyl sites for hydroxylation is 2. The van der Waals surface area contributed by atoms with Crippen molar-refractivity contribution in [1.29, 1.82) is 0 Å². The van der Waals surface area contributed by atoms with E-state index in [2.05, 4.69) is 38.1 Å². The summed E-state index contributed by atoms with van der Waals surface area (Å²) in [5.41, 5.74) is 5.28. The molecule has 0 saturated heterocycles.